The Balaban J connectivity index is 1.83. The maximum atomic E-state index is 15.0. The summed E-state index contributed by atoms with van der Waals surface area (Å²) in [7, 11) is 3.45. The molecule has 1 saturated heterocycles. The van der Waals surface area contributed by atoms with Gasteiger partial charge in [0.05, 0.1) is 25.9 Å². The number of nitrogens with one attached hydrogen (secondary N) is 1. The first kappa shape index (κ1) is 26.0. The van der Waals surface area contributed by atoms with Crippen LogP contribution in [0.4, 0.5) is 23.7 Å². The van der Waals surface area contributed by atoms with E-state index in [1.807, 2.05) is 7.05 Å². The van der Waals surface area contributed by atoms with Gasteiger partial charge >= 0.3 is 12.5 Å². The summed E-state index contributed by atoms with van der Waals surface area (Å²) in [4.78, 5) is 41.9. The number of halogens is 3. The summed E-state index contributed by atoms with van der Waals surface area (Å²) in [5, 5.41) is 1.80. The molecule has 2 aromatic rings. The third kappa shape index (κ3) is 6.50. The molecular weight excluding hydrogens is 465 g/mol. The van der Waals surface area contributed by atoms with E-state index in [0.717, 1.165) is 6.07 Å². The van der Waals surface area contributed by atoms with Crippen LogP contribution in [0.15, 0.2) is 42.5 Å². The van der Waals surface area contributed by atoms with Gasteiger partial charge in [-0.2, -0.15) is 8.78 Å². The minimum atomic E-state index is -3.25. The highest BCUT2D eigenvalue weighted by atomic mass is 19.3. The van der Waals surface area contributed by atoms with Crippen molar-refractivity contribution in [3.05, 3.63) is 59.4 Å². The highest BCUT2D eigenvalue weighted by Crippen LogP contribution is 2.30. The normalized spacial score (nSPS) is 14.1. The minimum Gasteiger partial charge on any atom is -0.495 e. The first-order valence-electron chi connectivity index (χ1n) is 11.0. The molecule has 0 radical (unpaired) electrons. The van der Waals surface area contributed by atoms with Gasteiger partial charge in [-0.05, 0) is 25.2 Å². The highest BCUT2D eigenvalue weighted by molar-refractivity contribution is 5.99. The number of para-hydroxylation sites is 2. The number of likely N-dealkylation sites (N-methyl/N-ethyl adjacent to an activating group) is 1. The number of alkyl halides is 2. The van der Waals surface area contributed by atoms with Gasteiger partial charge in [-0.25, -0.2) is 9.18 Å². The second-order valence-electron chi connectivity index (χ2n) is 8.08. The van der Waals surface area contributed by atoms with Crippen molar-refractivity contribution in [2.75, 3.05) is 51.8 Å². The van der Waals surface area contributed by atoms with Crippen LogP contribution < -0.4 is 15.0 Å². The van der Waals surface area contributed by atoms with Crippen molar-refractivity contribution in [1.82, 2.24) is 15.1 Å². The average Bonchev–Trinajstić information content (AvgIpc) is 2.86. The van der Waals surface area contributed by atoms with Gasteiger partial charge in [-0.1, -0.05) is 24.3 Å². The lowest BCUT2D eigenvalue weighted by Gasteiger charge is -2.36. The summed E-state index contributed by atoms with van der Waals surface area (Å²) in [5.41, 5.74) is 0.523. The van der Waals surface area contributed by atoms with Crippen molar-refractivity contribution in [2.45, 2.75) is 13.0 Å². The average molecular weight is 492 g/mol. The minimum absolute atomic E-state index is 0.0879. The van der Waals surface area contributed by atoms with E-state index >= 15 is 4.39 Å². The number of amides is 3. The molecule has 1 N–H and O–H groups in total. The molecule has 0 spiro atoms. The zero-order valence-corrected chi connectivity index (χ0v) is 19.5. The number of urea groups is 1. The molecule has 1 fully saturated rings. The SMILES string of the molecule is COc1ccccc1N(Cc1ccc(C(=O)CNC(=O)C(F)F)cc1F)C(=O)N1CCN(C)CC1. The van der Waals surface area contributed by atoms with Crippen LogP contribution in [0.2, 0.25) is 0 Å². The number of hydrogen-bond donors (Lipinski definition) is 1. The number of hydrogen-bond acceptors (Lipinski definition) is 5. The topological polar surface area (TPSA) is 82.2 Å². The second-order valence-corrected chi connectivity index (χ2v) is 8.08. The summed E-state index contributed by atoms with van der Waals surface area (Å²) in [6, 6.07) is 10.2. The highest BCUT2D eigenvalue weighted by Gasteiger charge is 2.28. The fourth-order valence-corrected chi connectivity index (χ4v) is 3.64. The Bertz CT molecular complexity index is 1070. The number of rotatable bonds is 8. The van der Waals surface area contributed by atoms with Crippen LogP contribution in [0.25, 0.3) is 0 Å². The molecule has 1 heterocycles. The van der Waals surface area contributed by atoms with Gasteiger partial charge in [0.25, 0.3) is 5.91 Å². The Hall–Kier alpha value is -3.60. The van der Waals surface area contributed by atoms with E-state index in [9.17, 15) is 23.2 Å². The summed E-state index contributed by atoms with van der Waals surface area (Å²) < 4.78 is 45.0. The molecule has 0 unspecified atom stereocenters. The van der Waals surface area contributed by atoms with Gasteiger partial charge in [0.1, 0.15) is 11.6 Å². The van der Waals surface area contributed by atoms with E-state index in [2.05, 4.69) is 4.90 Å². The Morgan fingerprint density at radius 2 is 1.77 bits per heavy atom. The maximum absolute atomic E-state index is 15.0. The van der Waals surface area contributed by atoms with Crippen molar-refractivity contribution in [3.63, 3.8) is 0 Å². The lowest BCUT2D eigenvalue weighted by atomic mass is 10.1. The number of ketones is 1. The van der Waals surface area contributed by atoms with Gasteiger partial charge in [-0.15, -0.1) is 0 Å². The predicted octanol–water partition coefficient (Wildman–Crippen LogP) is 2.77. The van der Waals surface area contributed by atoms with Crippen LogP contribution in [0.1, 0.15) is 15.9 Å². The molecule has 0 aromatic heterocycles. The Morgan fingerprint density at radius 3 is 2.40 bits per heavy atom. The van der Waals surface area contributed by atoms with E-state index in [-0.39, 0.29) is 23.7 Å². The van der Waals surface area contributed by atoms with Crippen LogP contribution in [-0.4, -0.2) is 80.8 Å². The molecule has 8 nitrogen and oxygen atoms in total. The van der Waals surface area contributed by atoms with E-state index in [1.165, 1.54) is 24.1 Å². The molecule has 1 aliphatic heterocycles. The molecule has 0 bridgehead atoms. The molecule has 11 heteroatoms. The molecule has 0 atom stereocenters. The number of anilines is 1. The lowest BCUT2D eigenvalue weighted by Crippen LogP contribution is -2.52. The van der Waals surface area contributed by atoms with Gasteiger partial charge in [-0.3, -0.25) is 14.5 Å². The smallest absolute Gasteiger partial charge is 0.325 e. The van der Waals surface area contributed by atoms with Crippen LogP contribution in [-0.2, 0) is 11.3 Å². The standard InChI is InChI=1S/C24H27F3N4O4/c1-29-9-11-30(12-10-29)24(34)31(19-5-3-4-6-21(19)35-2)15-17-8-7-16(13-18(17)25)20(32)14-28-23(33)22(26)27/h3-8,13,22H,9-12,14-15H2,1-2H3,(H,28,33). The van der Waals surface area contributed by atoms with Crippen LogP contribution in [0.3, 0.4) is 0 Å². The fourth-order valence-electron chi connectivity index (χ4n) is 3.64. The summed E-state index contributed by atoms with van der Waals surface area (Å²) in [6.45, 7) is 1.63. The van der Waals surface area contributed by atoms with E-state index < -0.39 is 30.5 Å². The number of Topliss-reactive ketones (excluding diaryl/α,β-unsaturated/α-hetero) is 1. The van der Waals surface area contributed by atoms with Crippen molar-refractivity contribution in [3.8, 4) is 5.75 Å². The number of ether oxygens (including phenoxy) is 1. The number of carbonyl (C=O) groups excluding carboxylic acids is 3. The van der Waals surface area contributed by atoms with Gasteiger partial charge in [0.15, 0.2) is 5.78 Å². The molecule has 0 saturated carbocycles. The van der Waals surface area contributed by atoms with Gasteiger partial charge < -0.3 is 19.9 Å². The van der Waals surface area contributed by atoms with Crippen LogP contribution in [0, 0.1) is 5.82 Å². The van der Waals surface area contributed by atoms with Crippen molar-refractivity contribution in [1.29, 1.82) is 0 Å². The second kappa shape index (κ2) is 11.7. The van der Waals surface area contributed by atoms with Crippen LogP contribution >= 0.6 is 0 Å². The Labute approximate surface area is 201 Å². The van der Waals surface area contributed by atoms with E-state index in [4.69, 9.17) is 4.74 Å². The van der Waals surface area contributed by atoms with E-state index in [0.29, 0.717) is 37.6 Å². The van der Waals surface area contributed by atoms with E-state index in [1.54, 1.807) is 34.5 Å². The molecule has 188 valence electrons. The van der Waals surface area contributed by atoms with Crippen molar-refractivity contribution in [2.24, 2.45) is 0 Å². The lowest BCUT2D eigenvalue weighted by molar-refractivity contribution is -0.131. The van der Waals surface area contributed by atoms with Crippen molar-refractivity contribution < 1.29 is 32.3 Å². The predicted molar refractivity (Wildman–Crippen MR) is 123 cm³/mol. The Kier molecular flexibility index (Phi) is 8.69. The number of piperazine rings is 1. The molecule has 2 aromatic carbocycles. The first-order valence-corrected chi connectivity index (χ1v) is 11.0. The summed E-state index contributed by atoms with van der Waals surface area (Å²) in [6.07, 6.45) is -3.25. The first-order chi connectivity index (χ1) is 16.7. The van der Waals surface area contributed by atoms with Crippen LogP contribution in [0.5, 0.6) is 5.75 Å². The van der Waals surface area contributed by atoms with Gasteiger partial charge in [0, 0.05) is 37.3 Å². The molecule has 0 aliphatic carbocycles. The maximum Gasteiger partial charge on any atom is 0.325 e. The number of nitrogens with zero attached hydrogens (tertiary/aromatic N) is 3. The molecule has 3 rings (SSSR count). The number of benzene rings is 2. The molecule has 35 heavy (non-hydrogen) atoms. The third-order valence-corrected chi connectivity index (χ3v) is 5.71. The zero-order chi connectivity index (χ0) is 25.5. The fraction of sp³-hybridized carbons (Fsp3) is 0.375. The largest absolute Gasteiger partial charge is 0.495 e. The molecule has 3 amide bonds. The zero-order valence-electron chi connectivity index (χ0n) is 19.5. The number of carbonyl (C=O) groups is 3. The number of methoxy groups -OCH3 is 1. The van der Waals surface area contributed by atoms with Crippen molar-refractivity contribution >= 4 is 23.4 Å². The third-order valence-electron chi connectivity index (χ3n) is 5.71. The molecule has 1 aliphatic rings. The van der Waals surface area contributed by atoms with Gasteiger partial charge in [0.2, 0.25) is 0 Å². The summed E-state index contributed by atoms with van der Waals surface area (Å²) >= 11 is 0. The summed E-state index contributed by atoms with van der Waals surface area (Å²) in [5.74, 6) is -2.61. The monoisotopic (exact) mass is 492 g/mol. The Morgan fingerprint density at radius 1 is 1.09 bits per heavy atom. The quantitative estimate of drug-likeness (QED) is 0.574. The molecular formula is C24H27F3N4O4.